The number of hydrogen-bond donors (Lipinski definition) is 2. The molecule has 1 aliphatic rings. The first-order valence-electron chi connectivity index (χ1n) is 9.52. The summed E-state index contributed by atoms with van der Waals surface area (Å²) in [5, 5.41) is 8.33. The first-order valence-corrected chi connectivity index (χ1v) is 9.90. The predicted octanol–water partition coefficient (Wildman–Crippen LogP) is 4.91. The van der Waals surface area contributed by atoms with E-state index in [0.29, 0.717) is 16.4 Å². The molecule has 0 radical (unpaired) electrons. The van der Waals surface area contributed by atoms with Gasteiger partial charge in [0.25, 0.3) is 0 Å². The molecule has 144 valence electrons. The van der Waals surface area contributed by atoms with Crippen molar-refractivity contribution in [2.24, 2.45) is 5.92 Å². The Bertz CT molecular complexity index is 1230. The lowest BCUT2D eigenvalue weighted by Crippen LogP contribution is -2.24. The number of benzene rings is 2. The number of nitrogens with one attached hydrogen (secondary N) is 1. The number of carbonyl (C=O) groups excluding carboxylic acids is 1. The summed E-state index contributed by atoms with van der Waals surface area (Å²) in [6, 6.07) is 13.4. The molecule has 1 saturated carbocycles. The lowest BCUT2D eigenvalue weighted by atomic mass is 9.81. The van der Waals surface area contributed by atoms with Crippen LogP contribution in [0.2, 0.25) is 5.02 Å². The van der Waals surface area contributed by atoms with Crippen molar-refractivity contribution in [1.82, 2.24) is 20.2 Å². The number of H-pyrrole nitrogens is 1. The molecule has 5 rings (SSSR count). The van der Waals surface area contributed by atoms with Gasteiger partial charge in [-0.05, 0) is 25.0 Å². The average Bonchev–Trinajstić information content (AvgIpc) is 3.16. The summed E-state index contributed by atoms with van der Waals surface area (Å²) < 4.78 is 0. The predicted molar refractivity (Wildman–Crippen MR) is 114 cm³/mol. The van der Waals surface area contributed by atoms with Crippen LogP contribution >= 0.6 is 11.6 Å². The van der Waals surface area contributed by atoms with Crippen molar-refractivity contribution < 1.29 is 4.79 Å². The third-order valence-corrected chi connectivity index (χ3v) is 5.75. The van der Waals surface area contributed by atoms with Crippen molar-refractivity contribution in [3.63, 3.8) is 0 Å². The number of fused-ring (bicyclic) bond motifs is 1. The number of Topliss-reactive ketones (excluding diaryl/α,β-unsaturated/α-hetero) is 1. The van der Waals surface area contributed by atoms with Crippen LogP contribution < -0.4 is 5.73 Å². The second-order valence-electron chi connectivity index (χ2n) is 7.31. The summed E-state index contributed by atoms with van der Waals surface area (Å²) in [6.07, 6.45) is 4.52. The van der Waals surface area contributed by atoms with Crippen LogP contribution in [0.4, 0.5) is 5.82 Å². The van der Waals surface area contributed by atoms with E-state index in [4.69, 9.17) is 22.3 Å². The molecule has 0 amide bonds. The topological polar surface area (TPSA) is 97.6 Å². The summed E-state index contributed by atoms with van der Waals surface area (Å²) in [5.41, 5.74) is 10.0. The Labute approximate surface area is 172 Å². The van der Waals surface area contributed by atoms with E-state index in [2.05, 4.69) is 15.2 Å². The zero-order valence-corrected chi connectivity index (χ0v) is 16.3. The number of nitrogens with zero attached hydrogens (tertiary/aromatic N) is 3. The Hall–Kier alpha value is -3.25. The third kappa shape index (κ3) is 3.06. The van der Waals surface area contributed by atoms with Gasteiger partial charge < -0.3 is 5.73 Å². The van der Waals surface area contributed by atoms with Gasteiger partial charge in [0.05, 0.1) is 28.1 Å². The molecule has 4 aromatic rings. The number of aromatic amines is 1. The van der Waals surface area contributed by atoms with Gasteiger partial charge in [-0.2, -0.15) is 5.10 Å². The fourth-order valence-corrected chi connectivity index (χ4v) is 3.91. The maximum Gasteiger partial charge on any atom is 0.188 e. The van der Waals surface area contributed by atoms with E-state index >= 15 is 0 Å². The van der Waals surface area contributed by atoms with E-state index in [9.17, 15) is 4.79 Å². The van der Waals surface area contributed by atoms with E-state index in [-0.39, 0.29) is 23.2 Å². The molecule has 0 bridgehead atoms. The summed E-state index contributed by atoms with van der Waals surface area (Å²) in [6.45, 7) is 0. The van der Waals surface area contributed by atoms with Crippen LogP contribution in [0.1, 0.15) is 29.8 Å². The lowest BCUT2D eigenvalue weighted by molar-refractivity contribution is 0.0850. The molecule has 0 unspecified atom stereocenters. The smallest absolute Gasteiger partial charge is 0.188 e. The fraction of sp³-hybridized carbons (Fsp3) is 0.182. The second-order valence-corrected chi connectivity index (χ2v) is 7.71. The Morgan fingerprint density at radius 2 is 1.83 bits per heavy atom. The monoisotopic (exact) mass is 403 g/mol. The van der Waals surface area contributed by atoms with E-state index in [1.807, 2.05) is 42.5 Å². The minimum absolute atomic E-state index is 0.0121. The quantitative estimate of drug-likeness (QED) is 0.472. The van der Waals surface area contributed by atoms with Crippen LogP contribution in [0.3, 0.4) is 0 Å². The van der Waals surface area contributed by atoms with E-state index in [0.717, 1.165) is 41.3 Å². The van der Waals surface area contributed by atoms with E-state index in [1.165, 1.54) is 0 Å². The van der Waals surface area contributed by atoms with Crippen molar-refractivity contribution in [1.29, 1.82) is 0 Å². The number of rotatable bonds is 4. The van der Waals surface area contributed by atoms with E-state index < -0.39 is 0 Å². The molecule has 3 N–H and O–H groups in total. The first-order chi connectivity index (χ1) is 14.1. The normalized spacial score (nSPS) is 14.1. The molecule has 1 fully saturated rings. The van der Waals surface area contributed by atoms with Crippen LogP contribution in [-0.2, 0) is 0 Å². The molecule has 0 atom stereocenters. The maximum atomic E-state index is 12.9. The number of hydrogen-bond acceptors (Lipinski definition) is 5. The van der Waals surface area contributed by atoms with Crippen LogP contribution in [0.25, 0.3) is 33.4 Å². The molecular weight excluding hydrogens is 386 g/mol. The molecule has 1 aliphatic carbocycles. The molecule has 29 heavy (non-hydrogen) atoms. The fourth-order valence-electron chi connectivity index (χ4n) is 3.64. The van der Waals surface area contributed by atoms with Gasteiger partial charge in [0.1, 0.15) is 5.69 Å². The molecule has 6 nitrogen and oxygen atoms in total. The zero-order chi connectivity index (χ0) is 20.0. The molecule has 7 heteroatoms. The number of anilines is 1. The van der Waals surface area contributed by atoms with Gasteiger partial charge in [-0.15, -0.1) is 0 Å². The average molecular weight is 404 g/mol. The highest BCUT2D eigenvalue weighted by atomic mass is 35.5. The van der Waals surface area contributed by atoms with Gasteiger partial charge in [-0.3, -0.25) is 9.89 Å². The lowest BCUT2D eigenvalue weighted by Gasteiger charge is -2.24. The van der Waals surface area contributed by atoms with Crippen molar-refractivity contribution in [3.8, 4) is 22.5 Å². The molecule has 0 aliphatic heterocycles. The maximum absolute atomic E-state index is 12.9. The van der Waals surface area contributed by atoms with Gasteiger partial charge in [0.2, 0.25) is 0 Å². The summed E-state index contributed by atoms with van der Waals surface area (Å²) in [4.78, 5) is 22.2. The van der Waals surface area contributed by atoms with E-state index in [1.54, 1.807) is 6.20 Å². The number of nitrogen functional groups attached to an aromatic ring is 1. The Morgan fingerprint density at radius 1 is 1.07 bits per heavy atom. The van der Waals surface area contributed by atoms with Crippen LogP contribution in [0.15, 0.2) is 48.7 Å². The van der Waals surface area contributed by atoms with Gasteiger partial charge in [0, 0.05) is 22.4 Å². The highest BCUT2D eigenvalue weighted by Gasteiger charge is 2.30. The third-order valence-electron chi connectivity index (χ3n) is 5.45. The summed E-state index contributed by atoms with van der Waals surface area (Å²) in [5.74, 6) is 0.125. The number of nitrogens with two attached hydrogens (primary N) is 1. The highest BCUT2D eigenvalue weighted by molar-refractivity contribution is 6.35. The number of carbonyl (C=O) groups is 1. The molecule has 2 aromatic heterocycles. The first kappa shape index (κ1) is 17.8. The molecule has 0 saturated heterocycles. The van der Waals surface area contributed by atoms with Gasteiger partial charge in [-0.1, -0.05) is 48.4 Å². The minimum atomic E-state index is -0.0300. The van der Waals surface area contributed by atoms with Crippen molar-refractivity contribution in [2.75, 3.05) is 5.73 Å². The zero-order valence-electron chi connectivity index (χ0n) is 15.5. The molecular formula is C22H18ClN5O. The Morgan fingerprint density at radius 3 is 2.55 bits per heavy atom. The molecule has 0 spiro atoms. The van der Waals surface area contributed by atoms with Gasteiger partial charge in [-0.25, -0.2) is 9.97 Å². The molecule has 2 heterocycles. The Balaban J connectivity index is 1.74. The van der Waals surface area contributed by atoms with Crippen molar-refractivity contribution in [3.05, 3.63) is 59.4 Å². The Kier molecular flexibility index (Phi) is 4.28. The molecule has 2 aromatic carbocycles. The van der Waals surface area contributed by atoms with Crippen LogP contribution in [0, 0.1) is 5.92 Å². The second kappa shape index (κ2) is 6.97. The standard InChI is InChI=1S/C22H18ClN5O/c23-16-10-14(9-15-11-25-28-17(15)16)19-18(12-5-2-1-3-6-12)27-22(24)20(26-19)21(29)13-7-4-8-13/h1-3,5-6,9-11,13H,4,7-8H2,(H2,24,27)(H,25,28). The summed E-state index contributed by atoms with van der Waals surface area (Å²) in [7, 11) is 0. The number of aromatic nitrogens is 4. The van der Waals surface area contributed by atoms with Gasteiger partial charge >= 0.3 is 0 Å². The largest absolute Gasteiger partial charge is 0.382 e. The van der Waals surface area contributed by atoms with Crippen LogP contribution in [-0.4, -0.2) is 25.9 Å². The SMILES string of the molecule is Nc1nc(-c2ccccc2)c(-c2cc(Cl)c3[nH]ncc3c2)nc1C(=O)C1CCC1. The highest BCUT2D eigenvalue weighted by Crippen LogP contribution is 2.36. The van der Waals surface area contributed by atoms with Crippen molar-refractivity contribution >= 4 is 34.1 Å². The number of ketones is 1. The number of halogens is 1. The van der Waals surface area contributed by atoms with Crippen LogP contribution in [0.5, 0.6) is 0 Å². The van der Waals surface area contributed by atoms with Gasteiger partial charge in [0.15, 0.2) is 11.6 Å². The van der Waals surface area contributed by atoms with Crippen molar-refractivity contribution in [2.45, 2.75) is 19.3 Å². The minimum Gasteiger partial charge on any atom is -0.382 e. The summed E-state index contributed by atoms with van der Waals surface area (Å²) >= 11 is 6.46.